The first-order valence-electron chi connectivity index (χ1n) is 15.5. The van der Waals surface area contributed by atoms with E-state index < -0.39 is 0 Å². The van der Waals surface area contributed by atoms with Gasteiger partial charge >= 0.3 is 0 Å². The van der Waals surface area contributed by atoms with Crippen molar-refractivity contribution in [2.24, 2.45) is 56.2 Å². The molecular weight excluding hydrogens is 424 g/mol. The molecule has 0 aliphatic heterocycles. The van der Waals surface area contributed by atoms with Crippen LogP contribution in [-0.2, 0) is 4.74 Å². The highest BCUT2D eigenvalue weighted by molar-refractivity contribution is 5.30. The molecule has 0 saturated heterocycles. The molecule has 0 aromatic carbocycles. The van der Waals surface area contributed by atoms with Crippen molar-refractivity contribution in [3.63, 3.8) is 0 Å². The smallest absolute Gasteiger partial charge is 0.0625 e. The minimum Gasteiger partial charge on any atom is -0.381 e. The van der Waals surface area contributed by atoms with Gasteiger partial charge in [-0.3, -0.25) is 0 Å². The van der Waals surface area contributed by atoms with Crippen LogP contribution < -0.4 is 0 Å². The first-order chi connectivity index (χ1) is 16.3. The lowest BCUT2D eigenvalue weighted by Crippen LogP contribution is -2.57. The van der Waals surface area contributed by atoms with Crippen LogP contribution in [-0.4, -0.2) is 13.2 Å². The Hall–Kier alpha value is -0.300. The summed E-state index contributed by atoms with van der Waals surface area (Å²) in [6.45, 7) is 24.7. The Balaban J connectivity index is 1.37. The summed E-state index contributed by atoms with van der Waals surface area (Å²) >= 11 is 0. The largest absolute Gasteiger partial charge is 0.381 e. The quantitative estimate of drug-likeness (QED) is 0.328. The average Bonchev–Trinajstić information content (AvgIpc) is 3.39. The minimum absolute atomic E-state index is 0.320. The molecule has 5 rings (SSSR count). The highest BCUT2D eigenvalue weighted by Gasteiger charge is 2.82. The molecule has 0 aromatic heterocycles. The molecule has 0 amide bonds. The standard InChI is InChI=1S/C34H58O/c1-11-30(7,23(2)3)17-14-24(4)25-15-18-32(9)27-13-12-26-29(5,6)28(35-10)16-19-33(26)22-34(27,33)21-20-31(25,32)8/h24-28H,2,11-22H2,1,3-10H3/t24-,25-,26+,27+,28+,30?,31-,32+,33-,34+/m1/s1. The predicted octanol–water partition coefficient (Wildman–Crippen LogP) is 9.85. The highest BCUT2D eigenvalue weighted by atomic mass is 16.5. The number of ether oxygens (including phenoxy) is 1. The molecular formula is C34H58O. The highest BCUT2D eigenvalue weighted by Crippen LogP contribution is 2.89. The normalized spacial score (nSPS) is 50.2. The van der Waals surface area contributed by atoms with E-state index in [9.17, 15) is 0 Å². The second-order valence-corrected chi connectivity index (χ2v) is 15.9. The van der Waals surface area contributed by atoms with E-state index in [1.807, 2.05) is 7.11 Å². The van der Waals surface area contributed by atoms with Gasteiger partial charge in [-0.1, -0.05) is 60.6 Å². The van der Waals surface area contributed by atoms with E-state index in [1.165, 1.54) is 76.2 Å². The van der Waals surface area contributed by atoms with Crippen molar-refractivity contribution in [2.45, 2.75) is 139 Å². The lowest BCUT2D eigenvalue weighted by molar-refractivity contribution is -0.166. The maximum absolute atomic E-state index is 6.06. The molecule has 0 heterocycles. The van der Waals surface area contributed by atoms with Crippen LogP contribution in [0.15, 0.2) is 12.2 Å². The minimum atomic E-state index is 0.320. The Morgan fingerprint density at radius 3 is 2.23 bits per heavy atom. The molecule has 1 nitrogen and oxygen atoms in total. The number of hydrogen-bond acceptors (Lipinski definition) is 1. The Morgan fingerprint density at radius 1 is 0.943 bits per heavy atom. The third-order valence-electron chi connectivity index (χ3n) is 15.0. The fourth-order valence-corrected chi connectivity index (χ4v) is 12.1. The Labute approximate surface area is 218 Å². The molecule has 5 aliphatic carbocycles. The van der Waals surface area contributed by atoms with Gasteiger partial charge in [0.25, 0.3) is 0 Å². The van der Waals surface area contributed by atoms with Crippen LogP contribution in [0.2, 0.25) is 0 Å². The molecule has 1 heteroatoms. The van der Waals surface area contributed by atoms with Crippen LogP contribution in [0.4, 0.5) is 0 Å². The van der Waals surface area contributed by atoms with Crippen molar-refractivity contribution < 1.29 is 4.74 Å². The fraction of sp³-hybridized carbons (Fsp3) is 0.941. The Kier molecular flexibility index (Phi) is 6.09. The van der Waals surface area contributed by atoms with Crippen molar-refractivity contribution in [1.82, 2.24) is 0 Å². The van der Waals surface area contributed by atoms with E-state index in [0.29, 0.717) is 38.6 Å². The lowest BCUT2D eigenvalue weighted by Gasteiger charge is -2.63. The number of fused-ring (bicyclic) bond motifs is 2. The molecule has 5 fully saturated rings. The summed E-state index contributed by atoms with van der Waals surface area (Å²) in [5.41, 5.74) is 4.43. The summed E-state index contributed by atoms with van der Waals surface area (Å²) < 4.78 is 6.06. The van der Waals surface area contributed by atoms with Crippen molar-refractivity contribution in [2.75, 3.05) is 7.11 Å². The first-order valence-corrected chi connectivity index (χ1v) is 15.5. The average molecular weight is 483 g/mol. The molecule has 2 spiro atoms. The summed E-state index contributed by atoms with van der Waals surface area (Å²) in [7, 11) is 1.96. The molecule has 200 valence electrons. The molecule has 1 unspecified atom stereocenters. The summed E-state index contributed by atoms with van der Waals surface area (Å²) in [4.78, 5) is 0. The van der Waals surface area contributed by atoms with Crippen molar-refractivity contribution in [1.29, 1.82) is 0 Å². The van der Waals surface area contributed by atoms with Crippen LogP contribution in [0.3, 0.4) is 0 Å². The summed E-state index contributed by atoms with van der Waals surface area (Å²) in [5, 5.41) is 0. The number of allylic oxidation sites excluding steroid dienone is 1. The van der Waals surface area contributed by atoms with E-state index in [0.717, 1.165) is 23.7 Å². The SMILES string of the molecule is C=C(C)C(C)(CC)CC[C@@H](C)[C@H]1CC[C@@]2(C)[C@@H]3CC[C@H]4C(C)(C)[C@@H](OC)CC[C@@]45C[C@@]35CC[C@]12C. The number of methoxy groups -OCH3 is 1. The molecule has 5 aliphatic rings. The van der Waals surface area contributed by atoms with Gasteiger partial charge in [-0.2, -0.15) is 0 Å². The van der Waals surface area contributed by atoms with Crippen molar-refractivity contribution in [3.05, 3.63) is 12.2 Å². The van der Waals surface area contributed by atoms with E-state index in [-0.39, 0.29) is 0 Å². The van der Waals surface area contributed by atoms with Gasteiger partial charge in [-0.15, -0.1) is 0 Å². The van der Waals surface area contributed by atoms with Crippen LogP contribution in [0.25, 0.3) is 0 Å². The van der Waals surface area contributed by atoms with Crippen molar-refractivity contribution in [3.8, 4) is 0 Å². The summed E-state index contributed by atoms with van der Waals surface area (Å²) in [5.74, 6) is 3.59. The molecule has 10 atom stereocenters. The topological polar surface area (TPSA) is 9.23 Å². The molecule has 0 N–H and O–H groups in total. The van der Waals surface area contributed by atoms with Crippen molar-refractivity contribution >= 4 is 0 Å². The molecule has 0 radical (unpaired) electrons. The number of hydrogen-bond donors (Lipinski definition) is 0. The summed E-state index contributed by atoms with van der Waals surface area (Å²) in [6, 6.07) is 0. The zero-order valence-corrected chi connectivity index (χ0v) is 25.0. The number of rotatable bonds is 7. The summed E-state index contributed by atoms with van der Waals surface area (Å²) in [6.07, 6.45) is 17.6. The molecule has 0 bridgehead atoms. The molecule has 35 heavy (non-hydrogen) atoms. The van der Waals surface area contributed by atoms with Gasteiger partial charge in [0.05, 0.1) is 6.10 Å². The second-order valence-electron chi connectivity index (χ2n) is 15.9. The third-order valence-corrected chi connectivity index (χ3v) is 15.0. The first kappa shape index (κ1) is 26.3. The Bertz CT molecular complexity index is 857. The van der Waals surface area contributed by atoms with E-state index in [1.54, 1.807) is 6.42 Å². The molecule has 5 saturated carbocycles. The van der Waals surface area contributed by atoms with Gasteiger partial charge in [0.1, 0.15) is 0 Å². The predicted molar refractivity (Wildman–Crippen MR) is 149 cm³/mol. The zero-order chi connectivity index (χ0) is 25.7. The zero-order valence-electron chi connectivity index (χ0n) is 25.0. The fourth-order valence-electron chi connectivity index (χ4n) is 12.1. The van der Waals surface area contributed by atoms with Gasteiger partial charge < -0.3 is 4.74 Å². The van der Waals surface area contributed by atoms with Crippen LogP contribution in [0.1, 0.15) is 132 Å². The van der Waals surface area contributed by atoms with Gasteiger partial charge in [0.15, 0.2) is 0 Å². The van der Waals surface area contributed by atoms with Gasteiger partial charge in [0, 0.05) is 7.11 Å². The van der Waals surface area contributed by atoms with E-state index in [2.05, 4.69) is 62.0 Å². The molecule has 0 aromatic rings. The second kappa shape index (κ2) is 8.10. The van der Waals surface area contributed by atoms with Gasteiger partial charge in [-0.25, -0.2) is 0 Å². The third kappa shape index (κ3) is 3.21. The monoisotopic (exact) mass is 482 g/mol. The van der Waals surface area contributed by atoms with Crippen LogP contribution >= 0.6 is 0 Å². The lowest BCUT2D eigenvalue weighted by atomic mass is 9.41. The maximum Gasteiger partial charge on any atom is 0.0625 e. The van der Waals surface area contributed by atoms with Gasteiger partial charge in [0.2, 0.25) is 0 Å². The maximum atomic E-state index is 6.06. The van der Waals surface area contributed by atoms with Crippen LogP contribution in [0.5, 0.6) is 0 Å². The van der Waals surface area contributed by atoms with E-state index in [4.69, 9.17) is 4.74 Å². The van der Waals surface area contributed by atoms with Gasteiger partial charge in [-0.05, 0) is 140 Å². The Morgan fingerprint density at radius 2 is 1.60 bits per heavy atom. The van der Waals surface area contributed by atoms with E-state index >= 15 is 0 Å². The van der Waals surface area contributed by atoms with Crippen LogP contribution in [0, 0.1) is 56.2 Å².